The van der Waals surface area contributed by atoms with E-state index < -0.39 is 17.9 Å². The molecule has 140 valence electrons. The number of carbonyl (C=O) groups is 3. The number of benzene rings is 2. The minimum absolute atomic E-state index is 0.0910. The Kier molecular flexibility index (Phi) is 5.91. The summed E-state index contributed by atoms with van der Waals surface area (Å²) in [6.45, 7) is 0. The average molecular weight is 374 g/mol. The van der Waals surface area contributed by atoms with Crippen molar-refractivity contribution in [2.45, 2.75) is 12.5 Å². The van der Waals surface area contributed by atoms with Crippen LogP contribution in [0.15, 0.2) is 79.0 Å². The zero-order valence-electron chi connectivity index (χ0n) is 14.9. The topological polar surface area (TPSA) is 96.4 Å². The molecule has 0 saturated heterocycles. The van der Waals surface area contributed by atoms with Crippen molar-refractivity contribution in [2.75, 3.05) is 0 Å². The third-order valence-electron chi connectivity index (χ3n) is 4.19. The van der Waals surface area contributed by atoms with Crippen LogP contribution in [0.4, 0.5) is 0 Å². The maximum Gasteiger partial charge on any atom is 0.326 e. The number of rotatable bonds is 7. The highest BCUT2D eigenvalue weighted by atomic mass is 16.4. The molecule has 6 nitrogen and oxygen atoms in total. The molecular formula is C22H18N2O4. The van der Waals surface area contributed by atoms with Crippen molar-refractivity contribution in [3.8, 4) is 0 Å². The number of aliphatic carboxylic acids is 1. The lowest BCUT2D eigenvalue weighted by Crippen LogP contribution is -2.42. The Morgan fingerprint density at radius 3 is 2.11 bits per heavy atom. The fourth-order valence-electron chi connectivity index (χ4n) is 2.71. The van der Waals surface area contributed by atoms with E-state index in [1.807, 2.05) is 6.07 Å². The van der Waals surface area contributed by atoms with Gasteiger partial charge in [0.05, 0.1) is 0 Å². The van der Waals surface area contributed by atoms with E-state index in [0.717, 1.165) is 0 Å². The van der Waals surface area contributed by atoms with Gasteiger partial charge in [-0.3, -0.25) is 14.6 Å². The molecule has 0 aliphatic carbocycles. The second-order valence-corrected chi connectivity index (χ2v) is 6.18. The number of hydrogen-bond donors (Lipinski definition) is 2. The van der Waals surface area contributed by atoms with E-state index in [4.69, 9.17) is 0 Å². The zero-order valence-corrected chi connectivity index (χ0v) is 14.9. The number of aromatic nitrogens is 1. The first kappa shape index (κ1) is 19.0. The summed E-state index contributed by atoms with van der Waals surface area (Å²) in [6.07, 6.45) is 1.56. The van der Waals surface area contributed by atoms with Crippen LogP contribution in [0.1, 0.15) is 32.0 Å². The number of carboxylic acid groups (broad SMARTS) is 1. The number of carbonyl (C=O) groups excluding carboxylic acids is 2. The van der Waals surface area contributed by atoms with E-state index in [1.54, 1.807) is 60.7 Å². The SMILES string of the molecule is O=C(c1ccccc1)c1ccc(C[C@H](NC(=O)c2ccccn2)C(=O)O)cc1. The predicted molar refractivity (Wildman–Crippen MR) is 103 cm³/mol. The standard InChI is InChI=1S/C22H18N2O4/c25-20(16-6-2-1-3-7-16)17-11-9-15(10-12-17)14-19(22(27)28)24-21(26)18-8-4-5-13-23-18/h1-13,19H,14H2,(H,24,26)(H,27,28)/t19-/m0/s1. The molecule has 1 atom stereocenters. The lowest BCUT2D eigenvalue weighted by Gasteiger charge is -2.14. The molecule has 6 heteroatoms. The molecule has 0 bridgehead atoms. The lowest BCUT2D eigenvalue weighted by molar-refractivity contribution is -0.139. The van der Waals surface area contributed by atoms with Crippen molar-refractivity contribution in [1.29, 1.82) is 0 Å². The predicted octanol–water partition coefficient (Wildman–Crippen LogP) is 2.74. The van der Waals surface area contributed by atoms with Gasteiger partial charge in [0.15, 0.2) is 5.78 Å². The van der Waals surface area contributed by atoms with Crippen LogP contribution in [0.3, 0.4) is 0 Å². The molecule has 2 N–H and O–H groups in total. The third-order valence-corrected chi connectivity index (χ3v) is 4.19. The van der Waals surface area contributed by atoms with E-state index in [9.17, 15) is 19.5 Å². The summed E-state index contributed by atoms with van der Waals surface area (Å²) in [4.78, 5) is 40.1. The van der Waals surface area contributed by atoms with Gasteiger partial charge in [-0.25, -0.2) is 4.79 Å². The summed E-state index contributed by atoms with van der Waals surface area (Å²) in [5.74, 6) is -1.80. The smallest absolute Gasteiger partial charge is 0.326 e. The van der Waals surface area contributed by atoms with Gasteiger partial charge in [-0.2, -0.15) is 0 Å². The number of carboxylic acids is 1. The molecule has 0 aliphatic rings. The van der Waals surface area contributed by atoms with E-state index in [1.165, 1.54) is 12.3 Å². The van der Waals surface area contributed by atoms with Crippen molar-refractivity contribution < 1.29 is 19.5 Å². The number of amides is 1. The van der Waals surface area contributed by atoms with Crippen molar-refractivity contribution in [2.24, 2.45) is 0 Å². The fourth-order valence-corrected chi connectivity index (χ4v) is 2.71. The third kappa shape index (κ3) is 4.67. The van der Waals surface area contributed by atoms with Crippen LogP contribution in [0, 0.1) is 0 Å². The summed E-state index contributed by atoms with van der Waals surface area (Å²) in [5, 5.41) is 11.9. The fraction of sp³-hybridized carbons (Fsp3) is 0.0909. The molecule has 28 heavy (non-hydrogen) atoms. The monoisotopic (exact) mass is 374 g/mol. The zero-order chi connectivity index (χ0) is 19.9. The van der Waals surface area contributed by atoms with Crippen LogP contribution >= 0.6 is 0 Å². The maximum absolute atomic E-state index is 12.4. The van der Waals surface area contributed by atoms with E-state index in [2.05, 4.69) is 10.3 Å². The Morgan fingerprint density at radius 1 is 0.857 bits per heavy atom. The Balaban J connectivity index is 1.69. The average Bonchev–Trinajstić information content (AvgIpc) is 2.74. The molecule has 0 radical (unpaired) electrons. The summed E-state index contributed by atoms with van der Waals surface area (Å²) in [7, 11) is 0. The highest BCUT2D eigenvalue weighted by molar-refractivity contribution is 6.08. The number of ketones is 1. The maximum atomic E-state index is 12.4. The van der Waals surface area contributed by atoms with Gasteiger partial charge in [-0.05, 0) is 17.7 Å². The van der Waals surface area contributed by atoms with E-state index in [0.29, 0.717) is 16.7 Å². The number of nitrogens with zero attached hydrogens (tertiary/aromatic N) is 1. The lowest BCUT2D eigenvalue weighted by atomic mass is 9.99. The van der Waals surface area contributed by atoms with Crippen LogP contribution in [0.2, 0.25) is 0 Å². The van der Waals surface area contributed by atoms with Crippen LogP contribution in [0.25, 0.3) is 0 Å². The molecule has 1 amide bonds. The molecular weight excluding hydrogens is 356 g/mol. The highest BCUT2D eigenvalue weighted by Crippen LogP contribution is 2.12. The first-order chi connectivity index (χ1) is 13.5. The molecule has 1 heterocycles. The first-order valence-electron chi connectivity index (χ1n) is 8.68. The van der Waals surface area contributed by atoms with Gasteiger partial charge in [0, 0.05) is 23.7 Å². The van der Waals surface area contributed by atoms with Crippen LogP contribution in [-0.2, 0) is 11.2 Å². The van der Waals surface area contributed by atoms with Crippen molar-refractivity contribution >= 4 is 17.7 Å². The Hall–Kier alpha value is -3.80. The minimum atomic E-state index is -1.14. The van der Waals surface area contributed by atoms with Gasteiger partial charge in [0.2, 0.25) is 0 Å². The van der Waals surface area contributed by atoms with Crippen LogP contribution in [0.5, 0.6) is 0 Å². The van der Waals surface area contributed by atoms with Gasteiger partial charge in [0.25, 0.3) is 5.91 Å². The van der Waals surface area contributed by atoms with E-state index >= 15 is 0 Å². The molecule has 0 aliphatic heterocycles. The molecule has 0 spiro atoms. The highest BCUT2D eigenvalue weighted by Gasteiger charge is 2.22. The molecule has 0 saturated carbocycles. The minimum Gasteiger partial charge on any atom is -0.480 e. The van der Waals surface area contributed by atoms with Gasteiger partial charge >= 0.3 is 5.97 Å². The molecule has 0 fully saturated rings. The molecule has 2 aromatic carbocycles. The Bertz CT molecular complexity index is 970. The van der Waals surface area contributed by atoms with Crippen LogP contribution in [-0.4, -0.2) is 33.8 Å². The second kappa shape index (κ2) is 8.73. The number of pyridine rings is 1. The normalized spacial score (nSPS) is 11.4. The van der Waals surface area contributed by atoms with Gasteiger partial charge < -0.3 is 10.4 Å². The van der Waals surface area contributed by atoms with Gasteiger partial charge in [-0.15, -0.1) is 0 Å². The summed E-state index contributed by atoms with van der Waals surface area (Å²) >= 11 is 0. The molecule has 0 unspecified atom stereocenters. The van der Waals surface area contributed by atoms with Crippen molar-refractivity contribution in [3.05, 3.63) is 101 Å². The molecule has 3 rings (SSSR count). The van der Waals surface area contributed by atoms with E-state index in [-0.39, 0.29) is 17.9 Å². The number of nitrogens with one attached hydrogen (secondary N) is 1. The first-order valence-corrected chi connectivity index (χ1v) is 8.68. The van der Waals surface area contributed by atoms with Gasteiger partial charge in [-0.1, -0.05) is 60.7 Å². The second-order valence-electron chi connectivity index (χ2n) is 6.18. The Labute approximate surface area is 161 Å². The van der Waals surface area contributed by atoms with Gasteiger partial charge in [0.1, 0.15) is 11.7 Å². The molecule has 1 aromatic heterocycles. The van der Waals surface area contributed by atoms with Crippen LogP contribution < -0.4 is 5.32 Å². The summed E-state index contributed by atoms with van der Waals surface area (Å²) in [5.41, 5.74) is 1.94. The summed E-state index contributed by atoms with van der Waals surface area (Å²) < 4.78 is 0. The number of hydrogen-bond acceptors (Lipinski definition) is 4. The largest absolute Gasteiger partial charge is 0.480 e. The Morgan fingerprint density at radius 2 is 1.50 bits per heavy atom. The van der Waals surface area contributed by atoms with Crippen molar-refractivity contribution in [3.63, 3.8) is 0 Å². The molecule has 3 aromatic rings. The quantitative estimate of drug-likeness (QED) is 0.620. The summed E-state index contributed by atoms with van der Waals surface area (Å²) in [6, 6.07) is 19.3. The van der Waals surface area contributed by atoms with Crippen molar-refractivity contribution in [1.82, 2.24) is 10.3 Å².